The van der Waals surface area contributed by atoms with E-state index in [0.717, 1.165) is 11.1 Å². The van der Waals surface area contributed by atoms with Crippen LogP contribution in [0.1, 0.15) is 21.5 Å². The van der Waals surface area contributed by atoms with Gasteiger partial charge in [0.2, 0.25) is 0 Å². The first-order chi connectivity index (χ1) is 12.5. The maximum absolute atomic E-state index is 11.7. The van der Waals surface area contributed by atoms with Gasteiger partial charge in [-0.05, 0) is 65.7 Å². The molecule has 0 aliphatic heterocycles. The van der Waals surface area contributed by atoms with Crippen molar-refractivity contribution in [1.82, 2.24) is 0 Å². The maximum Gasteiger partial charge on any atom is 0.335 e. The van der Waals surface area contributed by atoms with E-state index in [-0.39, 0.29) is 5.56 Å². The Balaban J connectivity index is 1.78. The predicted molar refractivity (Wildman–Crippen MR) is 103 cm³/mol. The lowest BCUT2D eigenvalue weighted by Gasteiger charge is -2.25. The number of thiophene rings is 1. The van der Waals surface area contributed by atoms with Gasteiger partial charge in [-0.1, -0.05) is 24.3 Å². The molecule has 0 saturated carbocycles. The second-order valence-electron chi connectivity index (χ2n) is 5.64. The Morgan fingerprint density at radius 1 is 1.04 bits per heavy atom. The third kappa shape index (κ3) is 4.37. The summed E-state index contributed by atoms with van der Waals surface area (Å²) in [7, 11) is 0. The molecule has 0 bridgehead atoms. The van der Waals surface area contributed by atoms with Crippen molar-refractivity contribution < 1.29 is 18.7 Å². The minimum absolute atomic E-state index is 0.266. The Hall–Kier alpha value is -2.48. The Bertz CT molecular complexity index is 925. The summed E-state index contributed by atoms with van der Waals surface area (Å²) in [6, 6.07) is 17.8. The van der Waals surface area contributed by atoms with Gasteiger partial charge in [-0.2, -0.15) is 0 Å². The molecule has 0 radical (unpaired) electrons. The van der Waals surface area contributed by atoms with E-state index in [1.807, 2.05) is 29.6 Å². The topological polar surface area (TPSA) is 80.7 Å². The maximum atomic E-state index is 11.7. The lowest BCUT2D eigenvalue weighted by atomic mass is 10.0. The summed E-state index contributed by atoms with van der Waals surface area (Å²) in [4.78, 5) is 11.1. The fourth-order valence-electron chi connectivity index (χ4n) is 2.66. The average molecular weight is 386 g/mol. The van der Waals surface area contributed by atoms with Gasteiger partial charge >= 0.3 is 5.97 Å². The number of aryl methyl sites for hydroxylation is 2. The van der Waals surface area contributed by atoms with E-state index in [9.17, 15) is 13.6 Å². The number of carbonyl (C=O) groups is 1. The third-order valence-electron chi connectivity index (χ3n) is 3.88. The molecule has 0 saturated heterocycles. The number of hydrogen-bond donors (Lipinski definition) is 1. The second kappa shape index (κ2) is 8.27. The van der Waals surface area contributed by atoms with Gasteiger partial charge in [0, 0.05) is 0 Å². The zero-order valence-electron chi connectivity index (χ0n) is 13.7. The van der Waals surface area contributed by atoms with Gasteiger partial charge in [0.15, 0.2) is 0 Å². The molecular formula is C19H16NO4S2-. The van der Waals surface area contributed by atoms with E-state index >= 15 is 0 Å². The molecule has 7 heteroatoms. The standard InChI is InChI=1S/C19H17NO4S2/c21-19(22)16-6-1-4-14(12-16)9-10-15-5-2-7-17(13-15)20(26(23)24)18-8-3-11-25-18/h1-8,11-13H,9-10H2,(H,21,22)(H,23,24)/p-1. The largest absolute Gasteiger partial charge is 0.755 e. The van der Waals surface area contributed by atoms with Crippen molar-refractivity contribution in [3.8, 4) is 0 Å². The van der Waals surface area contributed by atoms with Gasteiger partial charge in [0.05, 0.1) is 22.5 Å². The number of aromatic carboxylic acids is 1. The summed E-state index contributed by atoms with van der Waals surface area (Å²) >= 11 is -1.06. The van der Waals surface area contributed by atoms with Crippen LogP contribution in [0.5, 0.6) is 0 Å². The number of anilines is 2. The minimum atomic E-state index is -2.41. The summed E-state index contributed by atoms with van der Waals surface area (Å²) in [5, 5.41) is 11.5. The van der Waals surface area contributed by atoms with E-state index in [4.69, 9.17) is 5.11 Å². The first-order valence-electron chi connectivity index (χ1n) is 7.89. The van der Waals surface area contributed by atoms with Gasteiger partial charge < -0.3 is 9.66 Å². The van der Waals surface area contributed by atoms with Crippen LogP contribution in [0.15, 0.2) is 66.0 Å². The van der Waals surface area contributed by atoms with E-state index in [1.54, 1.807) is 36.4 Å². The van der Waals surface area contributed by atoms with Crippen molar-refractivity contribution in [3.05, 3.63) is 82.7 Å². The zero-order chi connectivity index (χ0) is 18.5. The molecule has 5 nitrogen and oxygen atoms in total. The molecule has 0 aliphatic carbocycles. The molecule has 1 aromatic heterocycles. The van der Waals surface area contributed by atoms with Crippen LogP contribution in [0.4, 0.5) is 10.7 Å². The van der Waals surface area contributed by atoms with Crippen LogP contribution in [0.25, 0.3) is 0 Å². The lowest BCUT2D eigenvalue weighted by molar-refractivity contribution is 0.0696. The Kier molecular flexibility index (Phi) is 5.82. The van der Waals surface area contributed by atoms with Gasteiger partial charge in [-0.15, -0.1) is 11.3 Å². The van der Waals surface area contributed by atoms with Crippen LogP contribution in [0, 0.1) is 0 Å². The molecule has 1 N–H and O–H groups in total. The van der Waals surface area contributed by atoms with Crippen molar-refractivity contribution in [2.45, 2.75) is 12.8 Å². The fraction of sp³-hybridized carbons (Fsp3) is 0.105. The SMILES string of the molecule is O=C(O)c1cccc(CCc2cccc(N(c3cccs3)S(=O)[O-])c2)c1. The molecule has 0 spiro atoms. The highest BCUT2D eigenvalue weighted by Gasteiger charge is 2.12. The van der Waals surface area contributed by atoms with Gasteiger partial charge in [0.25, 0.3) is 0 Å². The third-order valence-corrected chi connectivity index (χ3v) is 5.55. The highest BCUT2D eigenvalue weighted by Crippen LogP contribution is 2.31. The summed E-state index contributed by atoms with van der Waals surface area (Å²) in [6.07, 6.45) is 1.35. The van der Waals surface area contributed by atoms with E-state index in [1.165, 1.54) is 15.6 Å². The molecule has 3 aromatic rings. The molecule has 0 fully saturated rings. The van der Waals surface area contributed by atoms with Gasteiger partial charge in [-0.25, -0.2) is 4.79 Å². The van der Waals surface area contributed by atoms with E-state index in [2.05, 4.69) is 0 Å². The fourth-order valence-corrected chi connectivity index (χ4v) is 4.12. The van der Waals surface area contributed by atoms with Crippen LogP contribution in [0.2, 0.25) is 0 Å². The summed E-state index contributed by atoms with van der Waals surface area (Å²) in [5.74, 6) is -0.946. The van der Waals surface area contributed by atoms with Crippen LogP contribution >= 0.6 is 11.3 Å². The van der Waals surface area contributed by atoms with E-state index in [0.29, 0.717) is 23.5 Å². The normalized spacial score (nSPS) is 11.9. The van der Waals surface area contributed by atoms with E-state index < -0.39 is 17.2 Å². The number of rotatable bonds is 7. The molecule has 2 aromatic carbocycles. The molecule has 0 aliphatic rings. The van der Waals surface area contributed by atoms with Crippen molar-refractivity contribution in [2.75, 3.05) is 4.31 Å². The van der Waals surface area contributed by atoms with Crippen LogP contribution in [0.3, 0.4) is 0 Å². The molecule has 1 heterocycles. The first-order valence-corrected chi connectivity index (χ1v) is 9.80. The van der Waals surface area contributed by atoms with Crippen LogP contribution in [-0.2, 0) is 24.1 Å². The Morgan fingerprint density at radius 2 is 1.73 bits per heavy atom. The van der Waals surface area contributed by atoms with Crippen molar-refractivity contribution in [3.63, 3.8) is 0 Å². The average Bonchev–Trinajstić information content (AvgIpc) is 3.14. The Morgan fingerprint density at radius 3 is 2.35 bits per heavy atom. The highest BCUT2D eigenvalue weighted by atomic mass is 32.2. The van der Waals surface area contributed by atoms with Crippen molar-refractivity contribution in [2.24, 2.45) is 0 Å². The van der Waals surface area contributed by atoms with Crippen LogP contribution < -0.4 is 4.31 Å². The number of hydrogen-bond acceptors (Lipinski definition) is 4. The van der Waals surface area contributed by atoms with Crippen molar-refractivity contribution >= 4 is 39.3 Å². The lowest BCUT2D eigenvalue weighted by Crippen LogP contribution is -2.18. The highest BCUT2D eigenvalue weighted by molar-refractivity contribution is 7.81. The van der Waals surface area contributed by atoms with Gasteiger partial charge in [-0.3, -0.25) is 8.51 Å². The summed E-state index contributed by atoms with van der Waals surface area (Å²) in [5.41, 5.74) is 2.76. The monoisotopic (exact) mass is 386 g/mol. The smallest absolute Gasteiger partial charge is 0.335 e. The molecule has 3 rings (SSSR count). The Labute approximate surface area is 158 Å². The molecule has 26 heavy (non-hydrogen) atoms. The molecule has 134 valence electrons. The second-order valence-corrected chi connectivity index (χ2v) is 7.36. The van der Waals surface area contributed by atoms with Gasteiger partial charge in [0.1, 0.15) is 5.00 Å². The number of carboxylic acid groups (broad SMARTS) is 1. The number of carboxylic acids is 1. The molecule has 0 amide bonds. The number of benzene rings is 2. The summed E-state index contributed by atoms with van der Waals surface area (Å²) in [6.45, 7) is 0. The molecule has 1 atom stereocenters. The number of nitrogens with zero attached hydrogens (tertiary/aromatic N) is 1. The quantitative estimate of drug-likeness (QED) is 0.618. The summed E-state index contributed by atoms with van der Waals surface area (Å²) < 4.78 is 24.6. The first kappa shape index (κ1) is 18.3. The predicted octanol–water partition coefficient (Wildman–Crippen LogP) is 4.16. The minimum Gasteiger partial charge on any atom is -0.755 e. The zero-order valence-corrected chi connectivity index (χ0v) is 15.3. The molecule has 1 unspecified atom stereocenters. The van der Waals surface area contributed by atoms with Crippen LogP contribution in [-0.4, -0.2) is 19.8 Å². The molecular weight excluding hydrogens is 370 g/mol. The van der Waals surface area contributed by atoms with Crippen molar-refractivity contribution in [1.29, 1.82) is 0 Å².